The van der Waals surface area contributed by atoms with E-state index in [-0.39, 0.29) is 22.8 Å². The van der Waals surface area contributed by atoms with Crippen LogP contribution in [0.25, 0.3) is 5.76 Å². The highest BCUT2D eigenvalue weighted by Crippen LogP contribution is 2.46. The molecule has 0 aliphatic carbocycles. The third-order valence-electron chi connectivity index (χ3n) is 7.05. The van der Waals surface area contributed by atoms with Crippen molar-refractivity contribution in [1.29, 1.82) is 0 Å². The zero-order valence-electron chi connectivity index (χ0n) is 22.7. The summed E-state index contributed by atoms with van der Waals surface area (Å²) in [7, 11) is 1.50. The summed E-state index contributed by atoms with van der Waals surface area (Å²) in [6, 6.07) is 15.2. The third-order valence-corrected chi connectivity index (χ3v) is 7.05. The first kappa shape index (κ1) is 26.8. The summed E-state index contributed by atoms with van der Waals surface area (Å²) in [5, 5.41) is 22.4. The number of hydrogen-bond donors (Lipinski definition) is 2. The minimum Gasteiger partial charge on any atom is -0.507 e. The minimum absolute atomic E-state index is 0.0604. The molecule has 7 heteroatoms. The lowest BCUT2D eigenvalue weighted by Gasteiger charge is -2.27. The molecule has 0 aromatic heterocycles. The highest BCUT2D eigenvalue weighted by molar-refractivity contribution is 6.52. The van der Waals surface area contributed by atoms with E-state index in [0.717, 1.165) is 35.5 Å². The molecule has 3 aromatic rings. The molecule has 1 aliphatic heterocycles. The second kappa shape index (κ2) is 10.6. The number of benzene rings is 3. The molecule has 1 amide bonds. The number of rotatable bonds is 7. The third kappa shape index (κ3) is 4.60. The van der Waals surface area contributed by atoms with Crippen molar-refractivity contribution in [2.75, 3.05) is 30.0 Å². The zero-order chi connectivity index (χ0) is 27.7. The largest absolute Gasteiger partial charge is 0.507 e. The van der Waals surface area contributed by atoms with Gasteiger partial charge in [0.2, 0.25) is 0 Å². The van der Waals surface area contributed by atoms with E-state index in [1.165, 1.54) is 18.1 Å². The lowest BCUT2D eigenvalue weighted by Crippen LogP contribution is -2.29. The number of carbonyl (C=O) groups excluding carboxylic acids is 2. The van der Waals surface area contributed by atoms with Gasteiger partial charge in [-0.15, -0.1) is 0 Å². The van der Waals surface area contributed by atoms with Gasteiger partial charge in [0.25, 0.3) is 11.7 Å². The molecule has 1 saturated heterocycles. The maximum absolute atomic E-state index is 13.6. The van der Waals surface area contributed by atoms with Crippen LogP contribution in [0.15, 0.2) is 60.2 Å². The number of hydrogen-bond acceptors (Lipinski definition) is 6. The zero-order valence-corrected chi connectivity index (χ0v) is 22.7. The Bertz CT molecular complexity index is 1420. The second-order valence-electron chi connectivity index (χ2n) is 9.59. The van der Waals surface area contributed by atoms with Crippen LogP contribution in [0.3, 0.4) is 0 Å². The van der Waals surface area contributed by atoms with Gasteiger partial charge in [-0.05, 0) is 87.2 Å². The Labute approximate surface area is 223 Å². The van der Waals surface area contributed by atoms with Gasteiger partial charge in [-0.1, -0.05) is 24.3 Å². The molecule has 0 saturated carbocycles. The lowest BCUT2D eigenvalue weighted by atomic mass is 9.93. The van der Waals surface area contributed by atoms with Crippen molar-refractivity contribution in [3.05, 3.63) is 88.0 Å². The number of aliphatic hydroxyl groups is 1. The molecule has 1 unspecified atom stereocenters. The maximum Gasteiger partial charge on any atom is 0.300 e. The first-order valence-electron chi connectivity index (χ1n) is 12.7. The first-order valence-corrected chi connectivity index (χ1v) is 12.7. The molecule has 1 heterocycles. The molecule has 1 atom stereocenters. The number of anilines is 2. The van der Waals surface area contributed by atoms with Crippen molar-refractivity contribution in [3.63, 3.8) is 0 Å². The standard InChI is InChI=1S/C31H34N2O5/c1-7-32(8-2)22-12-10-21(11-13-22)27-26(28(35)23-16-19(4)15-20(5)30(23)38-6)29(36)31(37)33(27)24-17-18(3)9-14-25(24)34/h9-17,27,34-35H,7-8H2,1-6H3/b28-26+. The molecule has 7 nitrogen and oxygen atoms in total. The van der Waals surface area contributed by atoms with E-state index < -0.39 is 17.7 Å². The number of carbonyl (C=O) groups is 2. The van der Waals surface area contributed by atoms with E-state index in [2.05, 4.69) is 18.7 Å². The van der Waals surface area contributed by atoms with Crippen LogP contribution in [-0.4, -0.2) is 42.1 Å². The van der Waals surface area contributed by atoms with Gasteiger partial charge in [-0.3, -0.25) is 14.5 Å². The van der Waals surface area contributed by atoms with Crippen molar-refractivity contribution < 1.29 is 24.5 Å². The number of aromatic hydroxyl groups is 1. The number of methoxy groups -OCH3 is 1. The highest BCUT2D eigenvalue weighted by Gasteiger charge is 2.48. The minimum atomic E-state index is -0.959. The van der Waals surface area contributed by atoms with Gasteiger partial charge >= 0.3 is 0 Å². The summed E-state index contributed by atoms with van der Waals surface area (Å²) < 4.78 is 5.58. The number of ketones is 1. The van der Waals surface area contributed by atoms with Crippen LogP contribution in [0.4, 0.5) is 11.4 Å². The summed E-state index contributed by atoms with van der Waals surface area (Å²) >= 11 is 0. The molecule has 0 radical (unpaired) electrons. The normalized spacial score (nSPS) is 16.7. The van der Waals surface area contributed by atoms with Crippen molar-refractivity contribution >= 4 is 28.8 Å². The SMILES string of the molecule is CCN(CC)c1ccc(C2/C(=C(\O)c3cc(C)cc(C)c3OC)C(=O)C(=O)N2c2cc(C)ccc2O)cc1. The van der Waals surface area contributed by atoms with E-state index in [1.54, 1.807) is 18.2 Å². The average Bonchev–Trinajstić information content (AvgIpc) is 3.16. The average molecular weight is 515 g/mol. The maximum atomic E-state index is 13.6. The lowest BCUT2D eigenvalue weighted by molar-refractivity contribution is -0.132. The van der Waals surface area contributed by atoms with Gasteiger partial charge in [0.15, 0.2) is 0 Å². The Balaban J connectivity index is 2.00. The van der Waals surface area contributed by atoms with Crippen molar-refractivity contribution in [2.45, 2.75) is 40.7 Å². The number of phenolic OH excluding ortho intramolecular Hbond substituents is 1. The van der Waals surface area contributed by atoms with Crippen LogP contribution in [0.2, 0.25) is 0 Å². The predicted octanol–water partition coefficient (Wildman–Crippen LogP) is 5.80. The van der Waals surface area contributed by atoms with Crippen LogP contribution >= 0.6 is 0 Å². The first-order chi connectivity index (χ1) is 18.1. The number of nitrogens with zero attached hydrogens (tertiary/aromatic N) is 2. The van der Waals surface area contributed by atoms with E-state index >= 15 is 0 Å². The predicted molar refractivity (Wildman–Crippen MR) is 150 cm³/mol. The fourth-order valence-electron chi connectivity index (χ4n) is 5.23. The molecule has 198 valence electrons. The van der Waals surface area contributed by atoms with Crippen molar-refractivity contribution in [2.24, 2.45) is 0 Å². The topological polar surface area (TPSA) is 90.3 Å². The second-order valence-corrected chi connectivity index (χ2v) is 9.59. The van der Waals surface area contributed by atoms with Crippen LogP contribution in [-0.2, 0) is 9.59 Å². The molecule has 1 aliphatic rings. The summed E-state index contributed by atoms with van der Waals surface area (Å²) in [5.74, 6) is -1.69. The van der Waals surface area contributed by atoms with Gasteiger partial charge in [0.05, 0.1) is 30.0 Å². The van der Waals surface area contributed by atoms with Gasteiger partial charge in [0.1, 0.15) is 17.3 Å². The molecule has 2 N–H and O–H groups in total. The summed E-state index contributed by atoms with van der Waals surface area (Å²) in [6.45, 7) is 11.4. The number of ether oxygens (including phenoxy) is 1. The molecule has 1 fully saturated rings. The van der Waals surface area contributed by atoms with E-state index in [9.17, 15) is 19.8 Å². The van der Waals surface area contributed by atoms with Gasteiger partial charge < -0.3 is 19.8 Å². The van der Waals surface area contributed by atoms with E-state index in [1.807, 2.05) is 51.1 Å². The molecule has 0 spiro atoms. The summed E-state index contributed by atoms with van der Waals surface area (Å²) in [4.78, 5) is 30.6. The van der Waals surface area contributed by atoms with Crippen LogP contribution in [0, 0.1) is 20.8 Å². The molecule has 4 rings (SSSR count). The molecule has 38 heavy (non-hydrogen) atoms. The summed E-state index contributed by atoms with van der Waals surface area (Å²) in [5.41, 5.74) is 4.59. The number of phenols is 1. The highest BCUT2D eigenvalue weighted by atomic mass is 16.5. The van der Waals surface area contributed by atoms with Crippen molar-refractivity contribution in [1.82, 2.24) is 0 Å². The fraction of sp³-hybridized carbons (Fsp3) is 0.290. The Hall–Kier alpha value is -4.26. The quantitative estimate of drug-likeness (QED) is 0.235. The number of Topliss-reactive ketones (excluding diaryl/α,β-unsaturated/α-hetero) is 1. The van der Waals surface area contributed by atoms with Crippen molar-refractivity contribution in [3.8, 4) is 11.5 Å². The smallest absolute Gasteiger partial charge is 0.300 e. The summed E-state index contributed by atoms with van der Waals surface area (Å²) in [6.07, 6.45) is 0. The molecule has 0 bridgehead atoms. The Kier molecular flexibility index (Phi) is 7.49. The Morgan fingerprint density at radius 2 is 1.61 bits per heavy atom. The number of aryl methyl sites for hydroxylation is 3. The van der Waals surface area contributed by atoms with Gasteiger partial charge in [0, 0.05) is 18.8 Å². The van der Waals surface area contributed by atoms with Crippen LogP contribution in [0.1, 0.15) is 47.7 Å². The fourth-order valence-corrected chi connectivity index (χ4v) is 5.23. The van der Waals surface area contributed by atoms with Gasteiger partial charge in [-0.2, -0.15) is 0 Å². The van der Waals surface area contributed by atoms with Crippen LogP contribution in [0.5, 0.6) is 11.5 Å². The Morgan fingerprint density at radius 1 is 0.947 bits per heavy atom. The molecular weight excluding hydrogens is 480 g/mol. The van der Waals surface area contributed by atoms with Gasteiger partial charge in [-0.25, -0.2) is 0 Å². The van der Waals surface area contributed by atoms with E-state index in [0.29, 0.717) is 16.9 Å². The van der Waals surface area contributed by atoms with E-state index in [4.69, 9.17) is 4.74 Å². The number of amides is 1. The monoisotopic (exact) mass is 514 g/mol. The molecule has 3 aromatic carbocycles. The van der Waals surface area contributed by atoms with Crippen LogP contribution < -0.4 is 14.5 Å². The Morgan fingerprint density at radius 3 is 2.21 bits per heavy atom. The molecular formula is C31H34N2O5. The number of aliphatic hydroxyl groups excluding tert-OH is 1.